The van der Waals surface area contributed by atoms with Crippen LogP contribution in [0.2, 0.25) is 0 Å². The van der Waals surface area contributed by atoms with Crippen molar-refractivity contribution in [3.05, 3.63) is 28.2 Å². The molecule has 1 aromatic rings. The Morgan fingerprint density at radius 3 is 2.56 bits per heavy atom. The number of methoxy groups -OCH3 is 1. The summed E-state index contributed by atoms with van der Waals surface area (Å²) in [6, 6.07) is 5.14. The lowest BCUT2D eigenvalue weighted by atomic mass is 10.2. The molecule has 1 N–H and O–H groups in total. The Morgan fingerprint density at radius 1 is 1.38 bits per heavy atom. The van der Waals surface area contributed by atoms with Gasteiger partial charge in [0.15, 0.2) is 0 Å². The summed E-state index contributed by atoms with van der Waals surface area (Å²) in [7, 11) is 1.53. The van der Waals surface area contributed by atoms with Gasteiger partial charge in [-0.2, -0.15) is 13.2 Å². The van der Waals surface area contributed by atoms with Crippen molar-refractivity contribution in [3.8, 4) is 5.75 Å². The summed E-state index contributed by atoms with van der Waals surface area (Å²) in [5, 5.41) is 2.32. The molecule has 0 spiro atoms. The van der Waals surface area contributed by atoms with Crippen molar-refractivity contribution in [2.24, 2.45) is 0 Å². The second-order valence-electron chi connectivity index (χ2n) is 3.19. The minimum absolute atomic E-state index is 0.169. The molecule has 0 heterocycles. The highest BCUT2D eigenvalue weighted by atomic mass is 79.9. The molecule has 1 aromatic carbocycles. The van der Waals surface area contributed by atoms with Crippen molar-refractivity contribution >= 4 is 15.9 Å². The number of nitrogens with one attached hydrogen (secondary N) is 1. The molecule has 0 unspecified atom stereocenters. The first-order chi connectivity index (χ1) is 7.42. The molecule has 0 aliphatic rings. The van der Waals surface area contributed by atoms with Crippen LogP contribution in [-0.4, -0.2) is 19.8 Å². The van der Waals surface area contributed by atoms with E-state index < -0.39 is 12.7 Å². The van der Waals surface area contributed by atoms with E-state index in [0.717, 1.165) is 10.0 Å². The second-order valence-corrected chi connectivity index (χ2v) is 4.04. The fourth-order valence-electron chi connectivity index (χ4n) is 1.17. The SMILES string of the molecule is COc1ccc(CNCC(F)(F)F)cc1Br. The number of halogens is 4. The van der Waals surface area contributed by atoms with Crippen LogP contribution >= 0.6 is 15.9 Å². The predicted octanol–water partition coefficient (Wildman–Crippen LogP) is 3.11. The molecule has 0 saturated carbocycles. The van der Waals surface area contributed by atoms with Gasteiger partial charge in [-0.15, -0.1) is 0 Å². The first kappa shape index (κ1) is 13.3. The molecular weight excluding hydrogens is 287 g/mol. The van der Waals surface area contributed by atoms with Crippen LogP contribution in [0.25, 0.3) is 0 Å². The monoisotopic (exact) mass is 297 g/mol. The molecular formula is C10H11BrF3NO. The van der Waals surface area contributed by atoms with Gasteiger partial charge in [0.1, 0.15) is 5.75 Å². The summed E-state index contributed by atoms with van der Waals surface area (Å²) >= 11 is 3.26. The van der Waals surface area contributed by atoms with Gasteiger partial charge >= 0.3 is 6.18 Å². The molecule has 0 saturated heterocycles. The molecule has 0 fully saturated rings. The van der Waals surface area contributed by atoms with Gasteiger partial charge < -0.3 is 10.1 Å². The van der Waals surface area contributed by atoms with E-state index in [2.05, 4.69) is 21.2 Å². The van der Waals surface area contributed by atoms with Gasteiger partial charge in [0.05, 0.1) is 18.1 Å². The number of hydrogen-bond donors (Lipinski definition) is 1. The van der Waals surface area contributed by atoms with Gasteiger partial charge in [0.2, 0.25) is 0 Å². The number of ether oxygens (including phenoxy) is 1. The zero-order valence-corrected chi connectivity index (χ0v) is 10.2. The number of alkyl halides is 3. The third kappa shape index (κ3) is 4.40. The lowest BCUT2D eigenvalue weighted by Crippen LogP contribution is -2.28. The van der Waals surface area contributed by atoms with Crippen molar-refractivity contribution < 1.29 is 17.9 Å². The molecule has 2 nitrogen and oxygen atoms in total. The number of hydrogen-bond acceptors (Lipinski definition) is 2. The van der Waals surface area contributed by atoms with Crippen molar-refractivity contribution in [3.63, 3.8) is 0 Å². The molecule has 0 aromatic heterocycles. The van der Waals surface area contributed by atoms with E-state index in [9.17, 15) is 13.2 Å². The summed E-state index contributed by atoms with van der Waals surface area (Å²) in [5.41, 5.74) is 0.761. The quantitative estimate of drug-likeness (QED) is 0.922. The van der Waals surface area contributed by atoms with Crippen LogP contribution in [0.15, 0.2) is 22.7 Å². The number of benzene rings is 1. The molecule has 0 aliphatic heterocycles. The van der Waals surface area contributed by atoms with Crippen LogP contribution in [-0.2, 0) is 6.54 Å². The first-order valence-electron chi connectivity index (χ1n) is 4.52. The highest BCUT2D eigenvalue weighted by Gasteiger charge is 2.26. The average molecular weight is 298 g/mol. The third-order valence-electron chi connectivity index (χ3n) is 1.87. The maximum atomic E-state index is 11.9. The summed E-state index contributed by atoms with van der Waals surface area (Å²) in [4.78, 5) is 0. The van der Waals surface area contributed by atoms with Crippen LogP contribution in [0.3, 0.4) is 0 Å². The Balaban J connectivity index is 2.52. The van der Waals surface area contributed by atoms with E-state index in [1.165, 1.54) is 7.11 Å². The van der Waals surface area contributed by atoms with Crippen LogP contribution in [0.4, 0.5) is 13.2 Å². The van der Waals surface area contributed by atoms with Gasteiger partial charge in [0.25, 0.3) is 0 Å². The van der Waals surface area contributed by atoms with E-state index in [-0.39, 0.29) is 6.54 Å². The minimum atomic E-state index is -4.18. The van der Waals surface area contributed by atoms with E-state index in [0.29, 0.717) is 5.75 Å². The molecule has 0 bridgehead atoms. The topological polar surface area (TPSA) is 21.3 Å². The normalized spacial score (nSPS) is 11.6. The van der Waals surface area contributed by atoms with Crippen molar-refractivity contribution in [1.29, 1.82) is 0 Å². The van der Waals surface area contributed by atoms with Gasteiger partial charge in [-0.05, 0) is 33.6 Å². The largest absolute Gasteiger partial charge is 0.496 e. The van der Waals surface area contributed by atoms with Gasteiger partial charge in [-0.1, -0.05) is 6.07 Å². The second kappa shape index (κ2) is 5.54. The summed E-state index contributed by atoms with van der Waals surface area (Å²) in [6.45, 7) is -0.821. The lowest BCUT2D eigenvalue weighted by Gasteiger charge is -2.09. The maximum absolute atomic E-state index is 11.9. The van der Waals surface area contributed by atoms with Crippen LogP contribution < -0.4 is 10.1 Å². The zero-order valence-electron chi connectivity index (χ0n) is 8.57. The summed E-state index contributed by atoms with van der Waals surface area (Å²) in [6.07, 6.45) is -4.18. The standard InChI is InChI=1S/C10H11BrF3NO/c1-16-9-3-2-7(4-8(9)11)5-15-6-10(12,13)14/h2-4,15H,5-6H2,1H3. The Bertz CT molecular complexity index is 354. The van der Waals surface area contributed by atoms with Gasteiger partial charge in [0, 0.05) is 6.54 Å². The smallest absolute Gasteiger partial charge is 0.401 e. The first-order valence-corrected chi connectivity index (χ1v) is 5.31. The van der Waals surface area contributed by atoms with Gasteiger partial charge in [-0.25, -0.2) is 0 Å². The molecule has 0 atom stereocenters. The summed E-state index contributed by atoms with van der Waals surface area (Å²) in [5.74, 6) is 0.652. The van der Waals surface area contributed by atoms with Crippen molar-refractivity contribution in [2.75, 3.05) is 13.7 Å². The van der Waals surface area contributed by atoms with Crippen LogP contribution in [0.1, 0.15) is 5.56 Å². The van der Waals surface area contributed by atoms with Gasteiger partial charge in [-0.3, -0.25) is 0 Å². The molecule has 0 amide bonds. The zero-order chi connectivity index (χ0) is 12.2. The maximum Gasteiger partial charge on any atom is 0.401 e. The predicted molar refractivity (Wildman–Crippen MR) is 58.5 cm³/mol. The number of rotatable bonds is 4. The lowest BCUT2D eigenvalue weighted by molar-refractivity contribution is -0.125. The molecule has 16 heavy (non-hydrogen) atoms. The Hall–Kier alpha value is -0.750. The fourth-order valence-corrected chi connectivity index (χ4v) is 1.76. The van der Waals surface area contributed by atoms with E-state index in [1.54, 1.807) is 18.2 Å². The highest BCUT2D eigenvalue weighted by Crippen LogP contribution is 2.25. The Kier molecular flexibility index (Phi) is 4.61. The summed E-state index contributed by atoms with van der Waals surface area (Å²) < 4.78 is 41.3. The molecule has 6 heteroatoms. The highest BCUT2D eigenvalue weighted by molar-refractivity contribution is 9.10. The Morgan fingerprint density at radius 2 is 2.06 bits per heavy atom. The van der Waals surface area contributed by atoms with E-state index in [4.69, 9.17) is 4.74 Å². The average Bonchev–Trinajstić information content (AvgIpc) is 2.16. The molecule has 90 valence electrons. The van der Waals surface area contributed by atoms with Crippen LogP contribution in [0.5, 0.6) is 5.75 Å². The van der Waals surface area contributed by atoms with Crippen molar-refractivity contribution in [1.82, 2.24) is 5.32 Å². The Labute approximate surface area is 99.9 Å². The molecule has 0 radical (unpaired) electrons. The third-order valence-corrected chi connectivity index (χ3v) is 2.49. The molecule has 0 aliphatic carbocycles. The van der Waals surface area contributed by atoms with Crippen LogP contribution in [0, 0.1) is 0 Å². The fraction of sp³-hybridized carbons (Fsp3) is 0.400. The molecule has 1 rings (SSSR count). The van der Waals surface area contributed by atoms with Crippen molar-refractivity contribution in [2.45, 2.75) is 12.7 Å². The minimum Gasteiger partial charge on any atom is -0.496 e. The van der Waals surface area contributed by atoms with E-state index >= 15 is 0 Å². The van der Waals surface area contributed by atoms with E-state index in [1.807, 2.05) is 0 Å².